The van der Waals surface area contributed by atoms with Gasteiger partial charge in [0.05, 0.1) is 18.9 Å². The summed E-state index contributed by atoms with van der Waals surface area (Å²) in [7, 11) is 0. The van der Waals surface area contributed by atoms with Crippen LogP contribution in [0.4, 0.5) is 0 Å². The number of carbonyl (C=O) groups excluding carboxylic acids is 4. The molecule has 0 aliphatic rings. The van der Waals surface area contributed by atoms with Crippen LogP contribution in [-0.4, -0.2) is 69.9 Å². The summed E-state index contributed by atoms with van der Waals surface area (Å²) < 4.78 is 0. The number of carboxylic acids is 2. The zero-order chi connectivity index (χ0) is 27.4. The molecular weight excluding hydrogens is 474 g/mol. The number of hydrogen-bond donors (Lipinski definition) is 7. The molecule has 4 unspecified atom stereocenters. The van der Waals surface area contributed by atoms with Gasteiger partial charge in [-0.3, -0.25) is 24.0 Å². The monoisotopic (exact) mass is 507 g/mol. The van der Waals surface area contributed by atoms with Crippen LogP contribution in [0.3, 0.4) is 0 Å². The third-order valence-corrected chi connectivity index (χ3v) is 5.01. The lowest BCUT2D eigenvalue weighted by atomic mass is 10.0. The normalized spacial score (nSPS) is 14.1. The molecule has 0 fully saturated rings. The van der Waals surface area contributed by atoms with Crippen LogP contribution in [0, 0.1) is 5.92 Å². The molecule has 9 N–H and O–H groups in total. The van der Waals surface area contributed by atoms with E-state index in [9.17, 15) is 39.0 Å². The van der Waals surface area contributed by atoms with Crippen molar-refractivity contribution < 1.29 is 39.0 Å². The van der Waals surface area contributed by atoms with Crippen LogP contribution in [0.5, 0.6) is 0 Å². The Morgan fingerprint density at radius 1 is 0.806 bits per heavy atom. The molecule has 13 nitrogen and oxygen atoms in total. The van der Waals surface area contributed by atoms with Gasteiger partial charge in [0.15, 0.2) is 0 Å². The lowest BCUT2D eigenvalue weighted by Gasteiger charge is -2.25. The van der Waals surface area contributed by atoms with E-state index in [-0.39, 0.29) is 18.8 Å². The Balaban J connectivity index is 3.01. The summed E-state index contributed by atoms with van der Waals surface area (Å²) >= 11 is 0. The lowest BCUT2D eigenvalue weighted by molar-refractivity contribution is -0.143. The van der Waals surface area contributed by atoms with Crippen molar-refractivity contribution in [1.82, 2.24) is 16.0 Å². The summed E-state index contributed by atoms with van der Waals surface area (Å²) in [6.45, 7) is 3.52. The highest BCUT2D eigenvalue weighted by atomic mass is 16.4. The molecule has 0 heterocycles. The van der Waals surface area contributed by atoms with E-state index in [1.54, 1.807) is 44.2 Å². The van der Waals surface area contributed by atoms with Crippen LogP contribution in [0.15, 0.2) is 30.3 Å². The molecule has 0 aliphatic carbocycles. The van der Waals surface area contributed by atoms with E-state index in [2.05, 4.69) is 16.0 Å². The Hall–Kier alpha value is -4.00. The summed E-state index contributed by atoms with van der Waals surface area (Å²) in [5, 5.41) is 25.7. The summed E-state index contributed by atoms with van der Waals surface area (Å²) in [5.41, 5.74) is 11.3. The van der Waals surface area contributed by atoms with Crippen LogP contribution < -0.4 is 27.4 Å². The highest BCUT2D eigenvalue weighted by Gasteiger charge is 2.32. The van der Waals surface area contributed by atoms with Gasteiger partial charge in [0.2, 0.25) is 23.6 Å². The number of nitrogens with two attached hydrogens (primary N) is 2. The maximum atomic E-state index is 12.9. The number of nitrogens with one attached hydrogen (secondary N) is 3. The van der Waals surface area contributed by atoms with Gasteiger partial charge in [0, 0.05) is 6.42 Å². The van der Waals surface area contributed by atoms with Crippen molar-refractivity contribution in [2.45, 2.75) is 63.7 Å². The molecule has 36 heavy (non-hydrogen) atoms. The smallest absolute Gasteiger partial charge is 0.326 e. The van der Waals surface area contributed by atoms with Gasteiger partial charge >= 0.3 is 11.9 Å². The number of carbonyl (C=O) groups is 6. The Labute approximate surface area is 208 Å². The van der Waals surface area contributed by atoms with Crippen molar-refractivity contribution in [3.8, 4) is 0 Å². The largest absolute Gasteiger partial charge is 0.481 e. The van der Waals surface area contributed by atoms with Crippen molar-refractivity contribution in [3.05, 3.63) is 35.9 Å². The number of rotatable bonds is 15. The molecule has 1 aromatic rings. The molecular formula is C23H33N5O8. The van der Waals surface area contributed by atoms with Gasteiger partial charge in [-0.2, -0.15) is 0 Å². The number of benzene rings is 1. The predicted octanol–water partition coefficient (Wildman–Crippen LogP) is -1.51. The lowest BCUT2D eigenvalue weighted by Crippen LogP contribution is -2.58. The summed E-state index contributed by atoms with van der Waals surface area (Å²) in [4.78, 5) is 72.1. The molecule has 1 aromatic carbocycles. The van der Waals surface area contributed by atoms with E-state index < -0.39 is 72.6 Å². The second kappa shape index (κ2) is 14.4. The standard InChI is InChI=1S/C23H33N5O8/c1-12(2)8-15(26-20(32)14(24)10-18(25)29)21(33)27-16(11-19(30)31)22(34)28-17(23(35)36)9-13-6-4-3-5-7-13/h3-7,12,14-17H,8-11,24H2,1-2H3,(H2,25,29)(H,26,32)(H,27,33)(H,28,34)(H,30,31)(H,35,36). The molecule has 4 atom stereocenters. The Morgan fingerprint density at radius 2 is 1.33 bits per heavy atom. The minimum absolute atomic E-state index is 0.0700. The number of hydrogen-bond acceptors (Lipinski definition) is 7. The van der Waals surface area contributed by atoms with E-state index in [4.69, 9.17) is 11.5 Å². The highest BCUT2D eigenvalue weighted by Crippen LogP contribution is 2.08. The van der Waals surface area contributed by atoms with E-state index >= 15 is 0 Å². The van der Waals surface area contributed by atoms with Crippen molar-refractivity contribution in [2.75, 3.05) is 0 Å². The van der Waals surface area contributed by atoms with Crippen LogP contribution in [-0.2, 0) is 35.2 Å². The maximum Gasteiger partial charge on any atom is 0.326 e. The molecule has 0 saturated heterocycles. The SMILES string of the molecule is CC(C)CC(NC(=O)C(N)CC(N)=O)C(=O)NC(CC(=O)O)C(=O)NC(Cc1ccccc1)C(=O)O. The van der Waals surface area contributed by atoms with Gasteiger partial charge in [-0.1, -0.05) is 44.2 Å². The van der Waals surface area contributed by atoms with E-state index in [1.807, 2.05) is 0 Å². The van der Waals surface area contributed by atoms with Crippen molar-refractivity contribution in [3.63, 3.8) is 0 Å². The van der Waals surface area contributed by atoms with E-state index in [0.717, 1.165) is 0 Å². The first-order valence-electron chi connectivity index (χ1n) is 11.2. The van der Waals surface area contributed by atoms with Gasteiger partial charge in [0.25, 0.3) is 0 Å². The minimum atomic E-state index is -1.63. The maximum absolute atomic E-state index is 12.9. The molecule has 1 rings (SSSR count). The fourth-order valence-electron chi connectivity index (χ4n) is 3.27. The summed E-state index contributed by atoms with van der Waals surface area (Å²) in [6.07, 6.45) is -1.25. The zero-order valence-corrected chi connectivity index (χ0v) is 20.1. The van der Waals surface area contributed by atoms with Gasteiger partial charge in [0.1, 0.15) is 18.1 Å². The number of primary amides is 1. The topological polar surface area (TPSA) is 231 Å². The average Bonchev–Trinajstić information content (AvgIpc) is 2.77. The fraction of sp³-hybridized carbons (Fsp3) is 0.478. The summed E-state index contributed by atoms with van der Waals surface area (Å²) in [6, 6.07) is 2.94. The second-order valence-electron chi connectivity index (χ2n) is 8.72. The van der Waals surface area contributed by atoms with Gasteiger partial charge < -0.3 is 37.6 Å². The van der Waals surface area contributed by atoms with Gasteiger partial charge in [-0.25, -0.2) is 4.79 Å². The van der Waals surface area contributed by atoms with E-state index in [1.165, 1.54) is 0 Å². The van der Waals surface area contributed by atoms with Crippen molar-refractivity contribution >= 4 is 35.6 Å². The minimum Gasteiger partial charge on any atom is -0.481 e. The first kappa shape index (κ1) is 30.0. The molecule has 0 spiro atoms. The molecule has 0 aliphatic heterocycles. The number of amides is 4. The molecule has 0 saturated carbocycles. The summed E-state index contributed by atoms with van der Waals surface area (Å²) in [5.74, 6) is -6.41. The third-order valence-electron chi connectivity index (χ3n) is 5.01. The van der Waals surface area contributed by atoms with Crippen molar-refractivity contribution in [1.29, 1.82) is 0 Å². The van der Waals surface area contributed by atoms with Crippen LogP contribution in [0.1, 0.15) is 38.7 Å². The molecule has 198 valence electrons. The number of carboxylic acid groups (broad SMARTS) is 2. The Morgan fingerprint density at radius 3 is 1.83 bits per heavy atom. The quantitative estimate of drug-likeness (QED) is 0.146. The predicted molar refractivity (Wildman–Crippen MR) is 127 cm³/mol. The first-order chi connectivity index (χ1) is 16.8. The van der Waals surface area contributed by atoms with Crippen LogP contribution >= 0.6 is 0 Å². The molecule has 0 aromatic heterocycles. The van der Waals surface area contributed by atoms with Gasteiger partial charge in [-0.05, 0) is 17.9 Å². The first-order valence-corrected chi connectivity index (χ1v) is 11.2. The molecule has 0 bridgehead atoms. The third kappa shape index (κ3) is 11.0. The van der Waals surface area contributed by atoms with Gasteiger partial charge in [-0.15, -0.1) is 0 Å². The molecule has 13 heteroatoms. The van der Waals surface area contributed by atoms with Crippen molar-refractivity contribution in [2.24, 2.45) is 17.4 Å². The number of aliphatic carboxylic acids is 2. The zero-order valence-electron chi connectivity index (χ0n) is 20.1. The van der Waals surface area contributed by atoms with E-state index in [0.29, 0.717) is 5.56 Å². The fourth-order valence-corrected chi connectivity index (χ4v) is 3.27. The Bertz CT molecular complexity index is 953. The second-order valence-corrected chi connectivity index (χ2v) is 8.72. The average molecular weight is 508 g/mol. The molecule has 0 radical (unpaired) electrons. The highest BCUT2D eigenvalue weighted by molar-refractivity contribution is 5.96. The van der Waals surface area contributed by atoms with Crippen LogP contribution in [0.2, 0.25) is 0 Å². The molecule has 4 amide bonds. The van der Waals surface area contributed by atoms with Crippen LogP contribution in [0.25, 0.3) is 0 Å². The Kier molecular flexibility index (Phi) is 12.0.